The van der Waals surface area contributed by atoms with Crippen LogP contribution in [0.1, 0.15) is 67.9 Å². The summed E-state index contributed by atoms with van der Waals surface area (Å²) in [6, 6.07) is 15.6. The van der Waals surface area contributed by atoms with Crippen molar-refractivity contribution in [1.29, 1.82) is 0 Å². The first-order valence-electron chi connectivity index (χ1n) is 11.9. The molecule has 1 heterocycles. The van der Waals surface area contributed by atoms with Gasteiger partial charge in [0.15, 0.2) is 0 Å². The molecule has 184 valence electrons. The van der Waals surface area contributed by atoms with Crippen LogP contribution in [0, 0.1) is 0 Å². The Morgan fingerprint density at radius 3 is 2.40 bits per heavy atom. The number of carboxylic acids is 1. The average molecular weight is 477 g/mol. The van der Waals surface area contributed by atoms with Crippen molar-refractivity contribution in [2.45, 2.75) is 59.0 Å². The van der Waals surface area contributed by atoms with Crippen molar-refractivity contribution in [3.8, 4) is 17.4 Å². The molecule has 2 aromatic carbocycles. The number of carboxylic acid groups (broad SMARTS) is 1. The highest BCUT2D eigenvalue weighted by molar-refractivity contribution is 6.00. The van der Waals surface area contributed by atoms with Gasteiger partial charge in [0, 0.05) is 17.8 Å². The molecular formula is C28H32N2O5. The molecule has 0 saturated carbocycles. The van der Waals surface area contributed by atoms with Crippen LogP contribution in [0.5, 0.6) is 17.4 Å². The van der Waals surface area contributed by atoms with Crippen LogP contribution >= 0.6 is 0 Å². The van der Waals surface area contributed by atoms with Crippen LogP contribution in [0.3, 0.4) is 0 Å². The van der Waals surface area contributed by atoms with E-state index in [-0.39, 0.29) is 35.6 Å². The minimum atomic E-state index is -1.10. The maximum absolute atomic E-state index is 12.4. The number of amides is 1. The molecule has 0 aliphatic carbocycles. The van der Waals surface area contributed by atoms with Gasteiger partial charge in [0.2, 0.25) is 11.8 Å². The highest BCUT2D eigenvalue weighted by Crippen LogP contribution is 2.33. The van der Waals surface area contributed by atoms with E-state index < -0.39 is 5.97 Å². The van der Waals surface area contributed by atoms with Crippen molar-refractivity contribution in [3.63, 3.8) is 0 Å². The number of ether oxygens (including phenoxy) is 2. The molecule has 7 heteroatoms. The summed E-state index contributed by atoms with van der Waals surface area (Å²) >= 11 is 0. The van der Waals surface area contributed by atoms with Gasteiger partial charge in [-0.15, -0.1) is 0 Å². The van der Waals surface area contributed by atoms with Gasteiger partial charge in [0.25, 0.3) is 0 Å². The van der Waals surface area contributed by atoms with Crippen molar-refractivity contribution in [2.75, 3.05) is 5.32 Å². The standard InChI is InChI=1S/C28H32N2O5/c1-5-20(6-2)34-21-12-13-25(23(16-21)18(3)4)35-27-14-11-19(17-29-27)15-26(31)30-24-10-8-7-9-22(24)28(32)33/h7-14,16-18,20H,5-6,15H2,1-4H3,(H,30,31)(H,32,33). The molecule has 1 aromatic heterocycles. The third kappa shape index (κ3) is 7.06. The third-order valence-corrected chi connectivity index (χ3v) is 5.63. The summed E-state index contributed by atoms with van der Waals surface area (Å²) in [5, 5.41) is 11.9. The smallest absolute Gasteiger partial charge is 0.337 e. The SMILES string of the molecule is CCC(CC)Oc1ccc(Oc2ccc(CC(=O)Nc3ccccc3C(=O)O)cn2)c(C(C)C)c1. The lowest BCUT2D eigenvalue weighted by atomic mass is 10.0. The number of para-hydroxylation sites is 1. The second-order valence-electron chi connectivity index (χ2n) is 8.59. The molecule has 0 atom stereocenters. The monoisotopic (exact) mass is 476 g/mol. The summed E-state index contributed by atoms with van der Waals surface area (Å²) in [5.41, 5.74) is 2.01. The van der Waals surface area contributed by atoms with E-state index in [1.54, 1.807) is 36.5 Å². The highest BCUT2D eigenvalue weighted by Gasteiger charge is 2.15. The fraction of sp³-hybridized carbons (Fsp3) is 0.321. The van der Waals surface area contributed by atoms with Gasteiger partial charge in [-0.05, 0) is 54.7 Å². The molecule has 7 nitrogen and oxygen atoms in total. The van der Waals surface area contributed by atoms with E-state index in [2.05, 4.69) is 38.0 Å². The summed E-state index contributed by atoms with van der Waals surface area (Å²) in [6.07, 6.45) is 3.72. The van der Waals surface area contributed by atoms with Crippen LogP contribution in [-0.4, -0.2) is 28.1 Å². The first-order valence-corrected chi connectivity index (χ1v) is 11.9. The minimum Gasteiger partial charge on any atom is -0.490 e. The predicted molar refractivity (Wildman–Crippen MR) is 136 cm³/mol. The lowest BCUT2D eigenvalue weighted by Gasteiger charge is -2.19. The zero-order valence-electron chi connectivity index (χ0n) is 20.6. The number of anilines is 1. The number of hydrogen-bond acceptors (Lipinski definition) is 5. The molecule has 0 aliphatic rings. The first-order chi connectivity index (χ1) is 16.8. The number of aromatic nitrogens is 1. The van der Waals surface area contributed by atoms with E-state index in [9.17, 15) is 14.7 Å². The number of nitrogens with zero attached hydrogens (tertiary/aromatic N) is 1. The zero-order valence-corrected chi connectivity index (χ0v) is 20.6. The lowest BCUT2D eigenvalue weighted by Crippen LogP contribution is -2.16. The van der Waals surface area contributed by atoms with Crippen molar-refractivity contribution in [1.82, 2.24) is 4.98 Å². The van der Waals surface area contributed by atoms with Crippen molar-refractivity contribution >= 4 is 17.6 Å². The number of carbonyl (C=O) groups is 2. The third-order valence-electron chi connectivity index (χ3n) is 5.63. The summed E-state index contributed by atoms with van der Waals surface area (Å²) in [7, 11) is 0. The summed E-state index contributed by atoms with van der Waals surface area (Å²) in [4.78, 5) is 28.1. The van der Waals surface area contributed by atoms with Crippen molar-refractivity contribution in [2.24, 2.45) is 0 Å². The summed E-state index contributed by atoms with van der Waals surface area (Å²) in [6.45, 7) is 8.42. The maximum atomic E-state index is 12.4. The second-order valence-corrected chi connectivity index (χ2v) is 8.59. The van der Waals surface area contributed by atoms with Gasteiger partial charge < -0.3 is 19.9 Å². The van der Waals surface area contributed by atoms with Crippen LogP contribution < -0.4 is 14.8 Å². The number of benzene rings is 2. The van der Waals surface area contributed by atoms with Crippen molar-refractivity contribution in [3.05, 3.63) is 77.5 Å². The van der Waals surface area contributed by atoms with Gasteiger partial charge in [-0.2, -0.15) is 0 Å². The van der Waals surface area contributed by atoms with E-state index in [1.165, 1.54) is 6.07 Å². The number of rotatable bonds is 11. The second kappa shape index (κ2) is 12.0. The maximum Gasteiger partial charge on any atom is 0.337 e. The van der Waals surface area contributed by atoms with Crippen LogP contribution in [0.25, 0.3) is 0 Å². The van der Waals surface area contributed by atoms with E-state index in [0.717, 1.165) is 24.2 Å². The lowest BCUT2D eigenvalue weighted by molar-refractivity contribution is -0.115. The van der Waals surface area contributed by atoms with Gasteiger partial charge in [-0.1, -0.05) is 45.9 Å². The van der Waals surface area contributed by atoms with Crippen molar-refractivity contribution < 1.29 is 24.2 Å². The van der Waals surface area contributed by atoms with Gasteiger partial charge in [-0.3, -0.25) is 4.79 Å². The Kier molecular flexibility index (Phi) is 8.84. The average Bonchev–Trinajstić information content (AvgIpc) is 2.84. The number of hydrogen-bond donors (Lipinski definition) is 2. The molecule has 3 rings (SSSR count). The zero-order chi connectivity index (χ0) is 25.4. The van der Waals surface area contributed by atoms with Crippen LogP contribution in [0.4, 0.5) is 5.69 Å². The Hall–Kier alpha value is -3.87. The molecule has 1 amide bonds. The summed E-state index contributed by atoms with van der Waals surface area (Å²) < 4.78 is 12.1. The Balaban J connectivity index is 1.67. The quantitative estimate of drug-likeness (QED) is 0.330. The first kappa shape index (κ1) is 25.7. The topological polar surface area (TPSA) is 97.8 Å². The largest absolute Gasteiger partial charge is 0.490 e. The molecule has 0 spiro atoms. The fourth-order valence-corrected chi connectivity index (χ4v) is 3.64. The van der Waals surface area contributed by atoms with E-state index in [1.807, 2.05) is 18.2 Å². The molecule has 0 unspecified atom stereocenters. The Morgan fingerprint density at radius 1 is 1.03 bits per heavy atom. The van der Waals surface area contributed by atoms with Gasteiger partial charge in [-0.25, -0.2) is 9.78 Å². The Bertz CT molecular complexity index is 1150. The molecule has 2 N–H and O–H groups in total. The normalized spacial score (nSPS) is 10.9. The van der Waals surface area contributed by atoms with Gasteiger partial charge in [0.1, 0.15) is 11.5 Å². The summed E-state index contributed by atoms with van der Waals surface area (Å²) in [5.74, 6) is 0.755. The van der Waals surface area contributed by atoms with Crippen LogP contribution in [0.2, 0.25) is 0 Å². The van der Waals surface area contributed by atoms with E-state index in [4.69, 9.17) is 9.47 Å². The minimum absolute atomic E-state index is 0.0417. The molecule has 0 radical (unpaired) electrons. The van der Waals surface area contributed by atoms with Gasteiger partial charge in [0.05, 0.1) is 23.8 Å². The Labute approximate surface area is 206 Å². The Morgan fingerprint density at radius 2 is 1.77 bits per heavy atom. The highest BCUT2D eigenvalue weighted by atomic mass is 16.5. The molecule has 0 fully saturated rings. The number of nitrogens with one attached hydrogen (secondary N) is 1. The van der Waals surface area contributed by atoms with Crippen LogP contribution in [-0.2, 0) is 11.2 Å². The molecule has 0 aliphatic heterocycles. The van der Waals surface area contributed by atoms with E-state index in [0.29, 0.717) is 17.2 Å². The number of carbonyl (C=O) groups excluding carboxylic acids is 1. The molecule has 0 bridgehead atoms. The molecule has 0 saturated heterocycles. The fourth-order valence-electron chi connectivity index (χ4n) is 3.64. The van der Waals surface area contributed by atoms with E-state index >= 15 is 0 Å². The number of pyridine rings is 1. The number of aromatic carboxylic acids is 1. The predicted octanol–water partition coefficient (Wildman–Crippen LogP) is 6.44. The molecule has 3 aromatic rings. The molecule has 35 heavy (non-hydrogen) atoms. The van der Waals surface area contributed by atoms with Gasteiger partial charge >= 0.3 is 5.97 Å². The van der Waals surface area contributed by atoms with Crippen LogP contribution in [0.15, 0.2) is 60.8 Å². The molecular weight excluding hydrogens is 444 g/mol.